The first-order valence-corrected chi connectivity index (χ1v) is 13.4. The molecule has 4 aromatic carbocycles. The van der Waals surface area contributed by atoms with Gasteiger partial charge in [-0.1, -0.05) is 78.5 Å². The van der Waals surface area contributed by atoms with E-state index in [0.29, 0.717) is 12.1 Å². The van der Waals surface area contributed by atoms with E-state index < -0.39 is 0 Å². The number of anilines is 3. The van der Waals surface area contributed by atoms with Crippen molar-refractivity contribution in [3.05, 3.63) is 114 Å². The standard InChI is InChI=1S/C31H26N4O2S/c1-21-10-9-13-23(18-21)32-30(36)20-31(37)35-26(22-11-3-2-4-12-22)19-29(33-35)34-24-14-5-7-16-27(24)38-28-17-8-6-15-25(28)34/h2-18,26H,19-20H2,1H3,(H,32,36). The molecule has 0 bridgehead atoms. The Labute approximate surface area is 226 Å². The van der Waals surface area contributed by atoms with Crippen LogP contribution in [0.2, 0.25) is 0 Å². The molecule has 0 spiro atoms. The Morgan fingerprint density at radius 3 is 2.21 bits per heavy atom. The van der Waals surface area contributed by atoms with Gasteiger partial charge in [-0.15, -0.1) is 0 Å². The topological polar surface area (TPSA) is 65.0 Å². The van der Waals surface area contributed by atoms with E-state index in [0.717, 1.165) is 38.1 Å². The van der Waals surface area contributed by atoms with Crippen LogP contribution in [-0.4, -0.2) is 22.7 Å². The summed E-state index contributed by atoms with van der Waals surface area (Å²) >= 11 is 1.73. The second-order valence-electron chi connectivity index (χ2n) is 9.35. The van der Waals surface area contributed by atoms with E-state index >= 15 is 0 Å². The van der Waals surface area contributed by atoms with Crippen molar-refractivity contribution in [2.45, 2.75) is 35.6 Å². The van der Waals surface area contributed by atoms with Gasteiger partial charge >= 0.3 is 0 Å². The van der Waals surface area contributed by atoms with Crippen LogP contribution in [0.4, 0.5) is 17.1 Å². The maximum atomic E-state index is 13.6. The molecule has 1 atom stereocenters. The highest BCUT2D eigenvalue weighted by Gasteiger charge is 2.38. The van der Waals surface area contributed by atoms with Crippen LogP contribution in [0, 0.1) is 6.92 Å². The molecule has 1 unspecified atom stereocenters. The monoisotopic (exact) mass is 518 g/mol. The first-order valence-electron chi connectivity index (χ1n) is 12.5. The van der Waals surface area contributed by atoms with Crippen LogP contribution in [0.5, 0.6) is 0 Å². The zero-order valence-corrected chi connectivity index (χ0v) is 21.7. The van der Waals surface area contributed by atoms with Gasteiger partial charge in [0.1, 0.15) is 12.3 Å². The number of para-hydroxylation sites is 2. The summed E-state index contributed by atoms with van der Waals surface area (Å²) in [6.45, 7) is 1.96. The molecular weight excluding hydrogens is 492 g/mol. The van der Waals surface area contributed by atoms with Gasteiger partial charge in [0.15, 0.2) is 0 Å². The number of amides is 2. The largest absolute Gasteiger partial charge is 0.326 e. The smallest absolute Gasteiger partial charge is 0.252 e. The molecule has 2 aliphatic heterocycles. The Bertz CT molecular complexity index is 1510. The van der Waals surface area contributed by atoms with Crippen LogP contribution >= 0.6 is 11.8 Å². The molecule has 2 heterocycles. The van der Waals surface area contributed by atoms with Crippen LogP contribution in [0.15, 0.2) is 118 Å². The van der Waals surface area contributed by atoms with Gasteiger partial charge in [-0.3, -0.25) is 14.5 Å². The van der Waals surface area contributed by atoms with Crippen molar-refractivity contribution in [3.8, 4) is 0 Å². The van der Waals surface area contributed by atoms with Crippen molar-refractivity contribution in [1.82, 2.24) is 5.01 Å². The Morgan fingerprint density at radius 1 is 0.868 bits per heavy atom. The Kier molecular flexibility index (Phi) is 6.43. The molecule has 0 fully saturated rings. The molecule has 0 aromatic heterocycles. The minimum Gasteiger partial charge on any atom is -0.326 e. The number of aryl methyl sites for hydroxylation is 1. The summed E-state index contributed by atoms with van der Waals surface area (Å²) in [5.41, 5.74) is 4.76. The van der Waals surface area contributed by atoms with E-state index in [1.54, 1.807) is 11.8 Å². The summed E-state index contributed by atoms with van der Waals surface area (Å²) in [6.07, 6.45) is 0.236. The maximum absolute atomic E-state index is 13.6. The molecule has 188 valence electrons. The number of carbonyl (C=O) groups excluding carboxylic acids is 2. The minimum absolute atomic E-state index is 0.295. The number of amidine groups is 1. The number of nitrogens with zero attached hydrogens (tertiary/aromatic N) is 3. The third kappa shape index (κ3) is 4.68. The lowest BCUT2D eigenvalue weighted by atomic mass is 10.0. The summed E-state index contributed by atoms with van der Waals surface area (Å²) in [5.74, 6) is 0.0691. The molecule has 0 aliphatic carbocycles. The van der Waals surface area contributed by atoms with Gasteiger partial charge in [-0.2, -0.15) is 5.10 Å². The van der Waals surface area contributed by atoms with Crippen molar-refractivity contribution >= 4 is 46.5 Å². The van der Waals surface area contributed by atoms with Gasteiger partial charge in [0.05, 0.1) is 17.4 Å². The predicted molar refractivity (Wildman–Crippen MR) is 152 cm³/mol. The van der Waals surface area contributed by atoms with E-state index in [1.807, 2.05) is 85.8 Å². The molecule has 1 N–H and O–H groups in total. The number of carbonyl (C=O) groups is 2. The van der Waals surface area contributed by atoms with E-state index in [9.17, 15) is 9.59 Å². The molecule has 6 nitrogen and oxygen atoms in total. The van der Waals surface area contributed by atoms with Crippen LogP contribution in [0.1, 0.15) is 30.0 Å². The molecule has 0 saturated carbocycles. The normalized spacial score (nSPS) is 15.9. The average Bonchev–Trinajstić information content (AvgIpc) is 3.37. The molecule has 6 rings (SSSR count). The van der Waals surface area contributed by atoms with Gasteiger partial charge in [-0.25, -0.2) is 5.01 Å². The second-order valence-corrected chi connectivity index (χ2v) is 10.4. The van der Waals surface area contributed by atoms with Crippen molar-refractivity contribution in [2.75, 3.05) is 10.2 Å². The maximum Gasteiger partial charge on any atom is 0.252 e. The highest BCUT2D eigenvalue weighted by Crippen LogP contribution is 2.49. The molecular formula is C31H26N4O2S. The van der Waals surface area contributed by atoms with Crippen LogP contribution in [-0.2, 0) is 9.59 Å². The summed E-state index contributed by atoms with van der Waals surface area (Å²) in [4.78, 5) is 30.8. The SMILES string of the molecule is Cc1cccc(NC(=O)CC(=O)N2N=C(N3c4ccccc4Sc4ccccc43)CC2c2ccccc2)c1. The average molecular weight is 519 g/mol. The lowest BCUT2D eigenvalue weighted by Gasteiger charge is -2.32. The quantitative estimate of drug-likeness (QED) is 0.298. The zero-order chi connectivity index (χ0) is 26.1. The summed E-state index contributed by atoms with van der Waals surface area (Å²) in [7, 11) is 0. The number of hydrazone groups is 1. The molecule has 4 aromatic rings. The lowest BCUT2D eigenvalue weighted by molar-refractivity contribution is -0.136. The number of nitrogens with one attached hydrogen (secondary N) is 1. The van der Waals surface area contributed by atoms with E-state index in [1.165, 1.54) is 5.01 Å². The first-order chi connectivity index (χ1) is 18.6. The van der Waals surface area contributed by atoms with Gasteiger partial charge < -0.3 is 5.32 Å². The fourth-order valence-corrected chi connectivity index (χ4v) is 5.98. The molecule has 2 amide bonds. The minimum atomic E-state index is -0.360. The second kappa shape index (κ2) is 10.2. The van der Waals surface area contributed by atoms with Crippen molar-refractivity contribution in [2.24, 2.45) is 5.10 Å². The van der Waals surface area contributed by atoms with Crippen LogP contribution in [0.3, 0.4) is 0 Å². The summed E-state index contributed by atoms with van der Waals surface area (Å²) < 4.78 is 0. The predicted octanol–water partition coefficient (Wildman–Crippen LogP) is 6.91. The van der Waals surface area contributed by atoms with Gasteiger partial charge in [0.25, 0.3) is 5.91 Å². The number of rotatable bonds is 4. The zero-order valence-electron chi connectivity index (χ0n) is 20.9. The van der Waals surface area contributed by atoms with E-state index in [2.05, 4.69) is 34.5 Å². The summed E-state index contributed by atoms with van der Waals surface area (Å²) in [6, 6.07) is 33.6. The van der Waals surface area contributed by atoms with Crippen LogP contribution < -0.4 is 10.2 Å². The third-order valence-electron chi connectivity index (χ3n) is 6.64. The van der Waals surface area contributed by atoms with Crippen molar-refractivity contribution in [3.63, 3.8) is 0 Å². The summed E-state index contributed by atoms with van der Waals surface area (Å²) in [5, 5.41) is 9.22. The van der Waals surface area contributed by atoms with Gasteiger partial charge in [-0.05, 0) is 54.4 Å². The number of fused-ring (bicyclic) bond motifs is 2. The van der Waals surface area contributed by atoms with Crippen molar-refractivity contribution in [1.29, 1.82) is 0 Å². The highest BCUT2D eigenvalue weighted by molar-refractivity contribution is 7.99. The number of benzene rings is 4. The van der Waals surface area contributed by atoms with Crippen molar-refractivity contribution < 1.29 is 9.59 Å². The Morgan fingerprint density at radius 2 is 1.53 bits per heavy atom. The molecule has 2 aliphatic rings. The Balaban J connectivity index is 1.33. The third-order valence-corrected chi connectivity index (χ3v) is 7.77. The number of hydrogen-bond acceptors (Lipinski definition) is 5. The van der Waals surface area contributed by atoms with Gasteiger partial charge in [0.2, 0.25) is 5.91 Å². The first kappa shape index (κ1) is 24.0. The lowest BCUT2D eigenvalue weighted by Crippen LogP contribution is -2.30. The molecule has 38 heavy (non-hydrogen) atoms. The van der Waals surface area contributed by atoms with E-state index in [4.69, 9.17) is 5.10 Å². The Hall–Kier alpha value is -4.36. The molecule has 0 saturated heterocycles. The fraction of sp³-hybridized carbons (Fsp3) is 0.129. The number of hydrogen-bond donors (Lipinski definition) is 1. The fourth-order valence-electron chi connectivity index (χ4n) is 4.92. The van der Waals surface area contributed by atoms with Crippen LogP contribution in [0.25, 0.3) is 0 Å². The molecule has 7 heteroatoms. The van der Waals surface area contributed by atoms with Gasteiger partial charge in [0, 0.05) is 21.9 Å². The molecule has 0 radical (unpaired) electrons. The highest BCUT2D eigenvalue weighted by atomic mass is 32.2. The van der Waals surface area contributed by atoms with E-state index in [-0.39, 0.29) is 24.3 Å².